The number of rotatable bonds is 7. The summed E-state index contributed by atoms with van der Waals surface area (Å²) >= 11 is 0. The quantitative estimate of drug-likeness (QED) is 0.757. The minimum atomic E-state index is 0.155. The van der Waals surface area contributed by atoms with Crippen LogP contribution in [0.1, 0.15) is 20.3 Å². The van der Waals surface area contributed by atoms with Gasteiger partial charge < -0.3 is 20.7 Å². The first-order chi connectivity index (χ1) is 8.90. The van der Waals surface area contributed by atoms with Crippen molar-refractivity contribution in [3.8, 4) is 6.01 Å². The van der Waals surface area contributed by atoms with E-state index in [2.05, 4.69) is 39.0 Å². The topological polar surface area (TPSA) is 89.2 Å². The predicted octanol–water partition coefficient (Wildman–Crippen LogP) is 0.851. The lowest BCUT2D eigenvalue weighted by Crippen LogP contribution is -2.34. The lowest BCUT2D eigenvalue weighted by molar-refractivity contribution is 0.354. The van der Waals surface area contributed by atoms with E-state index in [-0.39, 0.29) is 18.0 Å². The van der Waals surface area contributed by atoms with Crippen molar-refractivity contribution < 1.29 is 4.74 Å². The lowest BCUT2D eigenvalue weighted by atomic mass is 10.0. The van der Waals surface area contributed by atoms with Crippen molar-refractivity contribution in [2.24, 2.45) is 5.92 Å². The van der Waals surface area contributed by atoms with E-state index in [0.29, 0.717) is 11.9 Å². The number of methoxy groups -OCH3 is 1. The molecule has 0 amide bonds. The molecule has 1 unspecified atom stereocenters. The highest BCUT2D eigenvalue weighted by molar-refractivity contribution is 5.33. The molecule has 0 aliphatic heterocycles. The van der Waals surface area contributed by atoms with Crippen LogP contribution in [0.15, 0.2) is 0 Å². The fraction of sp³-hybridized carbons (Fsp3) is 0.750. The van der Waals surface area contributed by atoms with Crippen molar-refractivity contribution in [2.45, 2.75) is 26.3 Å². The summed E-state index contributed by atoms with van der Waals surface area (Å²) in [5.41, 5.74) is 5.62. The first-order valence-electron chi connectivity index (χ1n) is 6.37. The molecule has 0 bridgehead atoms. The summed E-state index contributed by atoms with van der Waals surface area (Å²) in [7, 11) is 5.58. The highest BCUT2D eigenvalue weighted by atomic mass is 16.5. The van der Waals surface area contributed by atoms with Crippen LogP contribution in [0.5, 0.6) is 6.01 Å². The fourth-order valence-electron chi connectivity index (χ4n) is 1.90. The molecule has 1 aromatic rings. The van der Waals surface area contributed by atoms with Gasteiger partial charge in [-0.2, -0.15) is 15.0 Å². The van der Waals surface area contributed by atoms with E-state index in [1.807, 2.05) is 14.1 Å². The van der Waals surface area contributed by atoms with E-state index in [1.54, 1.807) is 0 Å². The van der Waals surface area contributed by atoms with Gasteiger partial charge >= 0.3 is 6.01 Å². The Morgan fingerprint density at radius 2 is 1.95 bits per heavy atom. The number of likely N-dealkylation sites (N-methyl/N-ethyl adjacent to an activating group) is 1. The second kappa shape index (κ2) is 7.08. The number of ether oxygens (including phenoxy) is 1. The Bertz CT molecular complexity index is 386. The maximum absolute atomic E-state index is 5.62. The SMILES string of the molecule is COc1nc(N)nc(NC(CC(C)C)CN(C)C)n1. The summed E-state index contributed by atoms with van der Waals surface area (Å²) in [6.07, 6.45) is 1.02. The average Bonchev–Trinajstić information content (AvgIpc) is 2.26. The van der Waals surface area contributed by atoms with Crippen molar-refractivity contribution in [1.82, 2.24) is 19.9 Å². The zero-order valence-electron chi connectivity index (χ0n) is 12.3. The number of nitrogens with two attached hydrogens (primary N) is 1. The Kier molecular flexibility index (Phi) is 5.75. The van der Waals surface area contributed by atoms with Gasteiger partial charge in [0.15, 0.2) is 0 Å². The third kappa shape index (κ3) is 5.69. The smallest absolute Gasteiger partial charge is 0.322 e. The molecule has 1 heterocycles. The fourth-order valence-corrected chi connectivity index (χ4v) is 1.90. The van der Waals surface area contributed by atoms with Crippen molar-refractivity contribution in [2.75, 3.05) is 38.8 Å². The third-order valence-electron chi connectivity index (χ3n) is 2.49. The molecule has 0 saturated carbocycles. The Labute approximate surface area is 114 Å². The molecular weight excluding hydrogens is 244 g/mol. The molecule has 0 radical (unpaired) electrons. The number of aromatic nitrogens is 3. The minimum absolute atomic E-state index is 0.155. The Morgan fingerprint density at radius 3 is 2.47 bits per heavy atom. The van der Waals surface area contributed by atoms with Gasteiger partial charge in [0.05, 0.1) is 7.11 Å². The molecule has 108 valence electrons. The molecule has 0 aromatic carbocycles. The zero-order valence-corrected chi connectivity index (χ0v) is 12.3. The van der Waals surface area contributed by atoms with Crippen molar-refractivity contribution in [1.29, 1.82) is 0 Å². The van der Waals surface area contributed by atoms with Gasteiger partial charge in [0.25, 0.3) is 0 Å². The van der Waals surface area contributed by atoms with Crippen molar-refractivity contribution in [3.63, 3.8) is 0 Å². The molecule has 1 aromatic heterocycles. The number of nitrogens with one attached hydrogen (secondary N) is 1. The number of hydrogen-bond acceptors (Lipinski definition) is 7. The number of anilines is 2. The highest BCUT2D eigenvalue weighted by Crippen LogP contribution is 2.13. The Morgan fingerprint density at radius 1 is 1.26 bits per heavy atom. The molecule has 0 aliphatic carbocycles. The largest absolute Gasteiger partial charge is 0.467 e. The lowest BCUT2D eigenvalue weighted by Gasteiger charge is -2.23. The van der Waals surface area contributed by atoms with E-state index in [9.17, 15) is 0 Å². The van der Waals surface area contributed by atoms with Crippen LogP contribution in [-0.4, -0.2) is 53.6 Å². The molecule has 7 heteroatoms. The number of hydrogen-bond donors (Lipinski definition) is 2. The van der Waals surface area contributed by atoms with Crippen molar-refractivity contribution >= 4 is 11.9 Å². The average molecular weight is 268 g/mol. The van der Waals surface area contributed by atoms with Gasteiger partial charge in [-0.05, 0) is 26.4 Å². The molecule has 7 nitrogen and oxygen atoms in total. The van der Waals surface area contributed by atoms with Gasteiger partial charge in [-0.3, -0.25) is 0 Å². The minimum Gasteiger partial charge on any atom is -0.467 e. The molecule has 1 atom stereocenters. The first kappa shape index (κ1) is 15.4. The number of nitrogens with zero attached hydrogens (tertiary/aromatic N) is 4. The molecular formula is C12H24N6O. The molecule has 0 saturated heterocycles. The summed E-state index contributed by atoms with van der Waals surface area (Å²) in [4.78, 5) is 14.2. The van der Waals surface area contributed by atoms with E-state index in [1.165, 1.54) is 7.11 Å². The van der Waals surface area contributed by atoms with Crippen LogP contribution in [-0.2, 0) is 0 Å². The van der Waals surface area contributed by atoms with E-state index in [4.69, 9.17) is 10.5 Å². The van der Waals surface area contributed by atoms with E-state index >= 15 is 0 Å². The van der Waals surface area contributed by atoms with Crippen LogP contribution in [0.3, 0.4) is 0 Å². The van der Waals surface area contributed by atoms with Crippen LogP contribution in [0.4, 0.5) is 11.9 Å². The summed E-state index contributed by atoms with van der Waals surface area (Å²) < 4.78 is 4.99. The maximum Gasteiger partial charge on any atom is 0.322 e. The Hall–Kier alpha value is -1.63. The monoisotopic (exact) mass is 268 g/mol. The normalized spacial score (nSPS) is 12.8. The summed E-state index contributed by atoms with van der Waals surface area (Å²) in [6.45, 7) is 5.27. The van der Waals surface area contributed by atoms with Crippen LogP contribution < -0.4 is 15.8 Å². The zero-order chi connectivity index (χ0) is 14.4. The molecule has 19 heavy (non-hydrogen) atoms. The van der Waals surface area contributed by atoms with Gasteiger partial charge in [0.1, 0.15) is 0 Å². The number of nitrogen functional groups attached to an aromatic ring is 1. The van der Waals surface area contributed by atoms with Crippen LogP contribution in [0.25, 0.3) is 0 Å². The summed E-state index contributed by atoms with van der Waals surface area (Å²) in [5.74, 6) is 1.19. The van der Waals surface area contributed by atoms with Gasteiger partial charge in [-0.15, -0.1) is 0 Å². The second-order valence-corrected chi connectivity index (χ2v) is 5.24. The van der Waals surface area contributed by atoms with Crippen molar-refractivity contribution in [3.05, 3.63) is 0 Å². The van der Waals surface area contributed by atoms with Gasteiger partial charge in [0.2, 0.25) is 11.9 Å². The second-order valence-electron chi connectivity index (χ2n) is 5.24. The third-order valence-corrected chi connectivity index (χ3v) is 2.49. The molecule has 0 fully saturated rings. The maximum atomic E-state index is 5.62. The first-order valence-corrected chi connectivity index (χ1v) is 6.37. The van der Waals surface area contributed by atoms with E-state index < -0.39 is 0 Å². The molecule has 1 rings (SSSR count). The molecule has 3 N–H and O–H groups in total. The Balaban J connectivity index is 2.79. The standard InChI is InChI=1S/C12H24N6O/c1-8(2)6-9(7-18(3)4)14-11-15-10(13)16-12(17-11)19-5/h8-9H,6-7H2,1-5H3,(H3,13,14,15,16,17). The summed E-state index contributed by atoms with van der Waals surface area (Å²) in [5, 5.41) is 3.29. The van der Waals surface area contributed by atoms with Crippen LogP contribution in [0, 0.1) is 5.92 Å². The molecule has 0 spiro atoms. The molecule has 0 aliphatic rings. The predicted molar refractivity (Wildman–Crippen MR) is 76.2 cm³/mol. The van der Waals surface area contributed by atoms with Gasteiger partial charge in [-0.25, -0.2) is 0 Å². The van der Waals surface area contributed by atoms with Gasteiger partial charge in [0, 0.05) is 12.6 Å². The highest BCUT2D eigenvalue weighted by Gasteiger charge is 2.14. The van der Waals surface area contributed by atoms with Crippen LogP contribution in [0.2, 0.25) is 0 Å². The van der Waals surface area contributed by atoms with E-state index in [0.717, 1.165) is 13.0 Å². The van der Waals surface area contributed by atoms with Crippen LogP contribution >= 0.6 is 0 Å². The summed E-state index contributed by atoms with van der Waals surface area (Å²) in [6, 6.07) is 0.477. The van der Waals surface area contributed by atoms with Gasteiger partial charge in [-0.1, -0.05) is 13.8 Å².